The Morgan fingerprint density at radius 2 is 1.74 bits per heavy atom. The second-order valence-electron chi connectivity index (χ2n) is 5.10. The van der Waals surface area contributed by atoms with Gasteiger partial charge < -0.3 is 9.57 Å². The Bertz CT molecular complexity index is 501. The van der Waals surface area contributed by atoms with E-state index in [-0.39, 0.29) is 12.2 Å². The number of carbonyl (C=O) groups excluding carboxylic acids is 3. The van der Waals surface area contributed by atoms with Crippen molar-refractivity contribution in [1.82, 2.24) is 5.06 Å². The maximum Gasteiger partial charge on any atom is 0.356 e. The van der Waals surface area contributed by atoms with Gasteiger partial charge in [-0.3, -0.25) is 9.59 Å². The fraction of sp³-hybridized carbons (Fsp3) is 0.462. The number of allylic oxidation sites excluding steroid dienone is 1. The van der Waals surface area contributed by atoms with Gasteiger partial charge >= 0.3 is 5.97 Å². The maximum atomic E-state index is 12.1. The Morgan fingerprint density at radius 1 is 1.21 bits per heavy atom. The van der Waals surface area contributed by atoms with E-state index in [1.54, 1.807) is 26.0 Å². The number of amides is 2. The molecule has 100 valence electrons. The van der Waals surface area contributed by atoms with E-state index in [1.165, 1.54) is 6.08 Å². The molecular weight excluding hydrogens is 250 g/mol. The number of fused-ring (bicyclic) bond motifs is 5. The molecule has 6 nitrogen and oxygen atoms in total. The molecule has 3 aliphatic rings. The molecule has 0 radical (unpaired) electrons. The van der Waals surface area contributed by atoms with Gasteiger partial charge in [0.15, 0.2) is 0 Å². The second kappa shape index (κ2) is 4.03. The molecule has 0 aliphatic carbocycles. The summed E-state index contributed by atoms with van der Waals surface area (Å²) < 4.78 is 5.47. The van der Waals surface area contributed by atoms with Gasteiger partial charge in [0.05, 0.1) is 24.0 Å². The molecule has 19 heavy (non-hydrogen) atoms. The summed E-state index contributed by atoms with van der Waals surface area (Å²) >= 11 is 0. The van der Waals surface area contributed by atoms with E-state index in [9.17, 15) is 14.4 Å². The standard InChI is InChI=1S/C13H13NO5/c1-6(2)5-9(15)19-14-12(16)10-7-3-4-8(18-7)11(10)13(14)17/h3-5,7-8,10-11H,1-2H3/t7-,8-,10-,11+/m1/s1. The van der Waals surface area contributed by atoms with Crippen LogP contribution in [0.1, 0.15) is 13.8 Å². The minimum atomic E-state index is -0.720. The van der Waals surface area contributed by atoms with Gasteiger partial charge in [0.1, 0.15) is 0 Å². The van der Waals surface area contributed by atoms with Crippen molar-refractivity contribution in [2.45, 2.75) is 26.1 Å². The van der Waals surface area contributed by atoms with Gasteiger partial charge in [-0.15, -0.1) is 5.06 Å². The number of imide groups is 1. The lowest BCUT2D eigenvalue weighted by Crippen LogP contribution is -2.36. The largest absolute Gasteiger partial charge is 0.365 e. The Hall–Kier alpha value is -1.95. The zero-order valence-electron chi connectivity index (χ0n) is 10.5. The highest BCUT2D eigenvalue weighted by Gasteiger charge is 2.62. The van der Waals surface area contributed by atoms with Crippen LogP contribution in [-0.4, -0.2) is 35.1 Å². The van der Waals surface area contributed by atoms with Crippen LogP contribution in [-0.2, 0) is 24.0 Å². The van der Waals surface area contributed by atoms with Crippen molar-refractivity contribution in [2.24, 2.45) is 11.8 Å². The third-order valence-corrected chi connectivity index (χ3v) is 3.46. The third-order valence-electron chi connectivity index (χ3n) is 3.46. The van der Waals surface area contributed by atoms with Crippen LogP contribution >= 0.6 is 0 Å². The van der Waals surface area contributed by atoms with Gasteiger partial charge in [0, 0.05) is 6.08 Å². The Labute approximate surface area is 109 Å². The van der Waals surface area contributed by atoms with E-state index in [0.29, 0.717) is 5.06 Å². The van der Waals surface area contributed by atoms with Crippen molar-refractivity contribution in [3.8, 4) is 0 Å². The van der Waals surface area contributed by atoms with E-state index in [1.807, 2.05) is 0 Å². The van der Waals surface area contributed by atoms with E-state index < -0.39 is 29.6 Å². The van der Waals surface area contributed by atoms with Crippen LogP contribution in [0.3, 0.4) is 0 Å². The fourth-order valence-corrected chi connectivity index (χ4v) is 2.72. The summed E-state index contributed by atoms with van der Waals surface area (Å²) in [4.78, 5) is 40.6. The quantitative estimate of drug-likeness (QED) is 0.408. The van der Waals surface area contributed by atoms with Crippen molar-refractivity contribution in [3.05, 3.63) is 23.8 Å². The van der Waals surface area contributed by atoms with E-state index in [4.69, 9.17) is 9.57 Å². The molecule has 0 spiro atoms. The summed E-state index contributed by atoms with van der Waals surface area (Å²) in [5.74, 6) is -2.82. The molecule has 0 aromatic carbocycles. The molecule has 0 saturated carbocycles. The van der Waals surface area contributed by atoms with Crippen LogP contribution in [0.25, 0.3) is 0 Å². The normalized spacial score (nSPS) is 34.7. The summed E-state index contributed by atoms with van der Waals surface area (Å²) in [5, 5.41) is 0.590. The predicted octanol–water partition coefficient (Wildman–Crippen LogP) is 0.349. The number of nitrogens with zero attached hydrogens (tertiary/aromatic N) is 1. The Kier molecular flexibility index (Phi) is 2.56. The number of carbonyl (C=O) groups is 3. The van der Waals surface area contributed by atoms with Crippen LogP contribution in [0.2, 0.25) is 0 Å². The van der Waals surface area contributed by atoms with Crippen molar-refractivity contribution < 1.29 is 24.0 Å². The lowest BCUT2D eigenvalue weighted by atomic mass is 9.85. The molecule has 0 aromatic heterocycles. The molecular formula is C13H13NO5. The molecule has 4 atom stereocenters. The van der Waals surface area contributed by atoms with Gasteiger partial charge in [-0.2, -0.15) is 0 Å². The fourth-order valence-electron chi connectivity index (χ4n) is 2.72. The highest BCUT2D eigenvalue weighted by molar-refractivity contribution is 6.06. The van der Waals surface area contributed by atoms with Gasteiger partial charge in [0.25, 0.3) is 11.8 Å². The van der Waals surface area contributed by atoms with Crippen LogP contribution in [0.4, 0.5) is 0 Å². The van der Waals surface area contributed by atoms with Crippen LogP contribution < -0.4 is 0 Å². The lowest BCUT2D eigenvalue weighted by Gasteiger charge is -2.15. The smallest absolute Gasteiger partial charge is 0.356 e. The average Bonchev–Trinajstić information content (AvgIpc) is 2.97. The number of rotatable bonds is 2. The first-order valence-corrected chi connectivity index (χ1v) is 6.07. The molecule has 2 fully saturated rings. The molecule has 0 aromatic rings. The minimum Gasteiger partial charge on any atom is -0.365 e. The Balaban J connectivity index is 1.79. The summed E-state index contributed by atoms with van der Waals surface area (Å²) in [7, 11) is 0. The third kappa shape index (κ3) is 1.71. The van der Waals surface area contributed by atoms with Crippen molar-refractivity contribution in [2.75, 3.05) is 0 Å². The molecule has 2 saturated heterocycles. The summed E-state index contributed by atoms with van der Waals surface area (Å²) in [6.45, 7) is 3.45. The minimum absolute atomic E-state index is 0.376. The lowest BCUT2D eigenvalue weighted by molar-refractivity contribution is -0.196. The summed E-state index contributed by atoms with van der Waals surface area (Å²) in [6, 6.07) is 0. The maximum absolute atomic E-state index is 12.1. The van der Waals surface area contributed by atoms with Crippen LogP contribution in [0.5, 0.6) is 0 Å². The predicted molar refractivity (Wildman–Crippen MR) is 62.2 cm³/mol. The first-order chi connectivity index (χ1) is 8.99. The molecule has 0 N–H and O–H groups in total. The van der Waals surface area contributed by atoms with Gasteiger partial charge in [-0.1, -0.05) is 17.7 Å². The van der Waals surface area contributed by atoms with E-state index >= 15 is 0 Å². The van der Waals surface area contributed by atoms with Gasteiger partial charge in [-0.25, -0.2) is 4.79 Å². The van der Waals surface area contributed by atoms with Crippen molar-refractivity contribution in [3.63, 3.8) is 0 Å². The van der Waals surface area contributed by atoms with Crippen molar-refractivity contribution in [1.29, 1.82) is 0 Å². The number of ether oxygens (including phenoxy) is 1. The second-order valence-corrected chi connectivity index (χ2v) is 5.10. The number of hydrogen-bond donors (Lipinski definition) is 0. The van der Waals surface area contributed by atoms with Crippen LogP contribution in [0, 0.1) is 11.8 Å². The average molecular weight is 263 g/mol. The molecule has 3 aliphatic heterocycles. The molecule has 0 unspecified atom stereocenters. The highest BCUT2D eigenvalue weighted by Crippen LogP contribution is 2.45. The molecule has 2 amide bonds. The molecule has 2 bridgehead atoms. The van der Waals surface area contributed by atoms with Gasteiger partial charge in [0.2, 0.25) is 0 Å². The number of hydroxylamine groups is 2. The highest BCUT2D eigenvalue weighted by atomic mass is 16.7. The molecule has 6 heteroatoms. The summed E-state index contributed by atoms with van der Waals surface area (Å²) in [6.07, 6.45) is 4.03. The van der Waals surface area contributed by atoms with E-state index in [0.717, 1.165) is 5.57 Å². The summed E-state index contributed by atoms with van der Waals surface area (Å²) in [5.41, 5.74) is 0.731. The number of hydrogen-bond acceptors (Lipinski definition) is 5. The Morgan fingerprint density at radius 3 is 2.21 bits per heavy atom. The first-order valence-electron chi connectivity index (χ1n) is 6.07. The zero-order chi connectivity index (χ0) is 13.7. The molecule has 3 rings (SSSR count). The monoisotopic (exact) mass is 263 g/mol. The first kappa shape index (κ1) is 12.1. The zero-order valence-corrected chi connectivity index (χ0v) is 10.5. The van der Waals surface area contributed by atoms with Gasteiger partial charge in [-0.05, 0) is 13.8 Å². The van der Waals surface area contributed by atoms with E-state index in [2.05, 4.69) is 0 Å². The van der Waals surface area contributed by atoms with Crippen LogP contribution in [0.15, 0.2) is 23.8 Å². The van der Waals surface area contributed by atoms with Crippen molar-refractivity contribution >= 4 is 17.8 Å². The molecule has 3 heterocycles. The topological polar surface area (TPSA) is 72.9 Å². The SMILES string of the molecule is CC(C)=CC(=O)ON1C(=O)[C@@H]2[C@H](C1=O)[C@H]1C=C[C@H]2O1.